The van der Waals surface area contributed by atoms with Gasteiger partial charge in [0.2, 0.25) is 0 Å². The maximum absolute atomic E-state index is 12.3. The van der Waals surface area contributed by atoms with Gasteiger partial charge in [-0.25, -0.2) is 0 Å². The molecule has 17 heavy (non-hydrogen) atoms. The van der Waals surface area contributed by atoms with Crippen LogP contribution in [0.25, 0.3) is 0 Å². The quantitative estimate of drug-likeness (QED) is 0.869. The molecule has 0 radical (unpaired) electrons. The standard InChI is InChI=1S/C15H21NO/c1-11-6-5-7-12(2)13(11)10-14(17)15(16)8-3-4-9-15/h5-7H,3-4,8-10,16H2,1-2H3. The Morgan fingerprint density at radius 2 is 1.76 bits per heavy atom. The van der Waals surface area contributed by atoms with Crippen LogP contribution in [0.3, 0.4) is 0 Å². The molecule has 0 atom stereocenters. The van der Waals surface area contributed by atoms with Crippen LogP contribution in [-0.4, -0.2) is 11.3 Å². The van der Waals surface area contributed by atoms with Crippen molar-refractivity contribution in [1.82, 2.24) is 0 Å². The van der Waals surface area contributed by atoms with Gasteiger partial charge in [-0.05, 0) is 43.4 Å². The lowest BCUT2D eigenvalue weighted by Crippen LogP contribution is -2.46. The molecule has 2 N–H and O–H groups in total. The number of carbonyl (C=O) groups is 1. The first kappa shape index (κ1) is 12.3. The zero-order chi connectivity index (χ0) is 12.5. The van der Waals surface area contributed by atoms with Gasteiger partial charge < -0.3 is 5.73 Å². The second kappa shape index (κ2) is 4.61. The predicted molar refractivity (Wildman–Crippen MR) is 70.0 cm³/mol. The summed E-state index contributed by atoms with van der Waals surface area (Å²) in [6.45, 7) is 4.13. The number of rotatable bonds is 3. The van der Waals surface area contributed by atoms with E-state index in [-0.39, 0.29) is 5.78 Å². The molecule has 0 aliphatic heterocycles. The fraction of sp³-hybridized carbons (Fsp3) is 0.533. The molecule has 0 unspecified atom stereocenters. The summed E-state index contributed by atoms with van der Waals surface area (Å²) in [5.74, 6) is 0.215. The fourth-order valence-corrected chi connectivity index (χ4v) is 2.75. The molecule has 2 heteroatoms. The van der Waals surface area contributed by atoms with Gasteiger partial charge in [-0.1, -0.05) is 31.0 Å². The number of hydrogen-bond acceptors (Lipinski definition) is 2. The van der Waals surface area contributed by atoms with Crippen molar-refractivity contribution in [3.05, 3.63) is 34.9 Å². The minimum Gasteiger partial charge on any atom is -0.319 e. The van der Waals surface area contributed by atoms with Crippen LogP contribution in [0.4, 0.5) is 0 Å². The number of aryl methyl sites for hydroxylation is 2. The van der Waals surface area contributed by atoms with E-state index in [9.17, 15) is 4.79 Å². The molecule has 0 aromatic heterocycles. The van der Waals surface area contributed by atoms with Crippen molar-refractivity contribution in [1.29, 1.82) is 0 Å². The number of Topliss-reactive ketones (excluding diaryl/α,β-unsaturated/α-hetero) is 1. The number of hydrogen-bond donors (Lipinski definition) is 1. The highest BCUT2D eigenvalue weighted by Gasteiger charge is 2.36. The van der Waals surface area contributed by atoms with Crippen LogP contribution in [0.2, 0.25) is 0 Å². The number of benzene rings is 1. The molecule has 1 aliphatic rings. The molecule has 1 fully saturated rings. The summed E-state index contributed by atoms with van der Waals surface area (Å²) in [6, 6.07) is 6.16. The van der Waals surface area contributed by atoms with Gasteiger partial charge in [-0.3, -0.25) is 4.79 Å². The van der Waals surface area contributed by atoms with Crippen molar-refractivity contribution >= 4 is 5.78 Å². The van der Waals surface area contributed by atoms with Crippen molar-refractivity contribution in [2.45, 2.75) is 51.5 Å². The second-order valence-electron chi connectivity index (χ2n) is 5.33. The van der Waals surface area contributed by atoms with E-state index in [4.69, 9.17) is 5.73 Å². The highest BCUT2D eigenvalue weighted by atomic mass is 16.1. The van der Waals surface area contributed by atoms with E-state index in [1.165, 1.54) is 11.1 Å². The summed E-state index contributed by atoms with van der Waals surface area (Å²) in [7, 11) is 0. The average Bonchev–Trinajstić information content (AvgIpc) is 2.72. The van der Waals surface area contributed by atoms with Crippen LogP contribution in [0, 0.1) is 13.8 Å². The largest absolute Gasteiger partial charge is 0.319 e. The molecule has 1 aromatic carbocycles. The van der Waals surface area contributed by atoms with Gasteiger partial charge >= 0.3 is 0 Å². The summed E-state index contributed by atoms with van der Waals surface area (Å²) in [5, 5.41) is 0. The number of carbonyl (C=O) groups excluding carboxylic acids is 1. The van der Waals surface area contributed by atoms with E-state index in [2.05, 4.69) is 26.0 Å². The molecule has 0 amide bonds. The first-order chi connectivity index (χ1) is 8.03. The average molecular weight is 231 g/mol. The Kier molecular flexibility index (Phi) is 3.34. The Labute approximate surface area is 103 Å². The van der Waals surface area contributed by atoms with Gasteiger partial charge in [0.1, 0.15) is 0 Å². The first-order valence-electron chi connectivity index (χ1n) is 6.40. The van der Waals surface area contributed by atoms with Gasteiger partial charge in [-0.2, -0.15) is 0 Å². The third-order valence-corrected chi connectivity index (χ3v) is 4.03. The molecule has 0 spiro atoms. The first-order valence-corrected chi connectivity index (χ1v) is 6.40. The number of nitrogens with two attached hydrogens (primary N) is 1. The molecular weight excluding hydrogens is 210 g/mol. The van der Waals surface area contributed by atoms with Gasteiger partial charge in [0.15, 0.2) is 5.78 Å². The zero-order valence-electron chi connectivity index (χ0n) is 10.8. The number of ketones is 1. The van der Waals surface area contributed by atoms with Crippen LogP contribution in [0.5, 0.6) is 0 Å². The normalized spacial score (nSPS) is 18.3. The molecule has 1 saturated carbocycles. The maximum Gasteiger partial charge on any atom is 0.157 e. The summed E-state index contributed by atoms with van der Waals surface area (Å²) in [4.78, 5) is 12.3. The minimum absolute atomic E-state index is 0.215. The SMILES string of the molecule is Cc1cccc(C)c1CC(=O)C1(N)CCCC1. The van der Waals surface area contributed by atoms with Crippen LogP contribution >= 0.6 is 0 Å². The van der Waals surface area contributed by atoms with E-state index < -0.39 is 5.54 Å². The molecule has 0 saturated heterocycles. The Balaban J connectivity index is 2.18. The Bertz CT molecular complexity index is 410. The highest BCUT2D eigenvalue weighted by Crippen LogP contribution is 2.29. The summed E-state index contributed by atoms with van der Waals surface area (Å²) >= 11 is 0. The van der Waals surface area contributed by atoms with Crippen LogP contribution < -0.4 is 5.73 Å². The Hall–Kier alpha value is -1.15. The van der Waals surface area contributed by atoms with Gasteiger partial charge in [-0.15, -0.1) is 0 Å². The van der Waals surface area contributed by atoms with Gasteiger partial charge in [0.05, 0.1) is 5.54 Å². The second-order valence-corrected chi connectivity index (χ2v) is 5.33. The predicted octanol–water partition coefficient (Wildman–Crippen LogP) is 2.69. The maximum atomic E-state index is 12.3. The van der Waals surface area contributed by atoms with E-state index in [0.29, 0.717) is 6.42 Å². The zero-order valence-corrected chi connectivity index (χ0v) is 10.8. The fourth-order valence-electron chi connectivity index (χ4n) is 2.75. The van der Waals surface area contributed by atoms with E-state index in [0.717, 1.165) is 31.2 Å². The third kappa shape index (κ3) is 2.42. The topological polar surface area (TPSA) is 43.1 Å². The van der Waals surface area contributed by atoms with E-state index >= 15 is 0 Å². The molecule has 92 valence electrons. The van der Waals surface area contributed by atoms with Crippen molar-refractivity contribution in [2.24, 2.45) is 5.73 Å². The third-order valence-electron chi connectivity index (χ3n) is 4.03. The lowest BCUT2D eigenvalue weighted by Gasteiger charge is -2.22. The Morgan fingerprint density at radius 3 is 2.29 bits per heavy atom. The van der Waals surface area contributed by atoms with E-state index in [1.807, 2.05) is 6.07 Å². The van der Waals surface area contributed by atoms with Crippen LogP contribution in [0.15, 0.2) is 18.2 Å². The van der Waals surface area contributed by atoms with Crippen molar-refractivity contribution < 1.29 is 4.79 Å². The molecule has 2 nitrogen and oxygen atoms in total. The van der Waals surface area contributed by atoms with E-state index in [1.54, 1.807) is 0 Å². The summed E-state index contributed by atoms with van der Waals surface area (Å²) in [5.41, 5.74) is 9.20. The molecule has 0 heterocycles. The monoisotopic (exact) mass is 231 g/mol. The van der Waals surface area contributed by atoms with Crippen LogP contribution in [-0.2, 0) is 11.2 Å². The van der Waals surface area contributed by atoms with Gasteiger partial charge in [0, 0.05) is 6.42 Å². The van der Waals surface area contributed by atoms with Crippen molar-refractivity contribution in [3.8, 4) is 0 Å². The molecule has 1 aliphatic carbocycles. The van der Waals surface area contributed by atoms with Crippen molar-refractivity contribution in [2.75, 3.05) is 0 Å². The highest BCUT2D eigenvalue weighted by molar-refractivity contribution is 5.90. The summed E-state index contributed by atoms with van der Waals surface area (Å²) in [6.07, 6.45) is 4.40. The molecule has 1 aromatic rings. The summed E-state index contributed by atoms with van der Waals surface area (Å²) < 4.78 is 0. The smallest absolute Gasteiger partial charge is 0.157 e. The van der Waals surface area contributed by atoms with Crippen LogP contribution in [0.1, 0.15) is 42.4 Å². The van der Waals surface area contributed by atoms with Gasteiger partial charge in [0.25, 0.3) is 0 Å². The lowest BCUT2D eigenvalue weighted by atomic mass is 9.87. The minimum atomic E-state index is -0.547. The Morgan fingerprint density at radius 1 is 1.24 bits per heavy atom. The molecular formula is C15H21NO. The lowest BCUT2D eigenvalue weighted by molar-refractivity contribution is -0.123. The molecule has 2 rings (SSSR count). The van der Waals surface area contributed by atoms with Crippen molar-refractivity contribution in [3.63, 3.8) is 0 Å². The molecule has 0 bridgehead atoms.